The zero-order valence-electron chi connectivity index (χ0n) is 8.95. The number of carboxylic acid groups (broad SMARTS) is 1. The van der Waals surface area contributed by atoms with Crippen molar-refractivity contribution in [2.24, 2.45) is 0 Å². The van der Waals surface area contributed by atoms with E-state index in [9.17, 15) is 4.79 Å². The summed E-state index contributed by atoms with van der Waals surface area (Å²) in [5, 5.41) is 7.20. The fourth-order valence-corrected chi connectivity index (χ4v) is 1.05. The SMILES string of the molecule is [B]N(C(C)(C)C)C([B])([B])CCC(=O)O. The van der Waals surface area contributed by atoms with Crippen LogP contribution in [-0.4, -0.2) is 50.4 Å². The lowest BCUT2D eigenvalue weighted by Crippen LogP contribution is -2.57. The van der Waals surface area contributed by atoms with Crippen molar-refractivity contribution in [3.05, 3.63) is 0 Å². The Morgan fingerprint density at radius 1 is 1.36 bits per heavy atom. The van der Waals surface area contributed by atoms with Crippen LogP contribution in [0.5, 0.6) is 0 Å². The molecule has 0 aliphatic heterocycles. The van der Waals surface area contributed by atoms with Crippen molar-refractivity contribution in [2.75, 3.05) is 0 Å². The van der Waals surface area contributed by atoms with Crippen LogP contribution in [0.25, 0.3) is 0 Å². The molecule has 0 spiro atoms. The molecule has 0 atom stereocenters. The molecule has 0 amide bonds. The van der Waals surface area contributed by atoms with Crippen molar-refractivity contribution in [1.29, 1.82) is 0 Å². The molecular weight excluding hydrogens is 175 g/mol. The summed E-state index contributed by atoms with van der Waals surface area (Å²) in [5.41, 5.74) is -0.401. The van der Waals surface area contributed by atoms with Crippen LogP contribution < -0.4 is 0 Å². The molecule has 0 saturated heterocycles. The number of aliphatic carboxylic acids is 1. The summed E-state index contributed by atoms with van der Waals surface area (Å²) in [6.45, 7) is 5.55. The van der Waals surface area contributed by atoms with Gasteiger partial charge in [-0.25, -0.2) is 0 Å². The number of carbonyl (C=O) groups is 1. The highest BCUT2D eigenvalue weighted by Crippen LogP contribution is 2.21. The standard InChI is InChI=1S/C8H14B3NO2/c1-7(2,3)12(11)8(9,10)5-4-6(13)14/h4-5H2,1-3H3,(H,13,14). The summed E-state index contributed by atoms with van der Waals surface area (Å²) >= 11 is 0. The summed E-state index contributed by atoms with van der Waals surface area (Å²) in [4.78, 5) is 11.6. The van der Waals surface area contributed by atoms with Gasteiger partial charge in [0.05, 0.1) is 15.7 Å². The molecule has 0 bridgehead atoms. The van der Waals surface area contributed by atoms with E-state index in [0.717, 1.165) is 0 Å². The normalized spacial score (nSPS) is 13.1. The van der Waals surface area contributed by atoms with Crippen molar-refractivity contribution in [3.8, 4) is 0 Å². The molecule has 0 aliphatic rings. The van der Waals surface area contributed by atoms with Crippen molar-refractivity contribution in [3.63, 3.8) is 0 Å². The van der Waals surface area contributed by atoms with Crippen LogP contribution in [0.1, 0.15) is 33.6 Å². The van der Waals surface area contributed by atoms with E-state index in [4.69, 9.17) is 28.8 Å². The molecule has 6 radical (unpaired) electrons. The third-order valence-electron chi connectivity index (χ3n) is 1.91. The van der Waals surface area contributed by atoms with E-state index in [1.165, 1.54) is 4.81 Å². The molecule has 0 heterocycles. The summed E-state index contributed by atoms with van der Waals surface area (Å²) in [7, 11) is 17.1. The van der Waals surface area contributed by atoms with Gasteiger partial charge in [0.15, 0.2) is 7.98 Å². The molecule has 1 N–H and O–H groups in total. The van der Waals surface area contributed by atoms with Crippen LogP contribution in [0.15, 0.2) is 0 Å². The van der Waals surface area contributed by atoms with E-state index in [-0.39, 0.29) is 12.8 Å². The fourth-order valence-electron chi connectivity index (χ4n) is 1.05. The first kappa shape index (κ1) is 13.6. The molecule has 0 fully saturated rings. The van der Waals surface area contributed by atoms with Gasteiger partial charge in [0, 0.05) is 12.0 Å². The van der Waals surface area contributed by atoms with Gasteiger partial charge in [-0.2, -0.15) is 0 Å². The summed E-state index contributed by atoms with van der Waals surface area (Å²) in [6.07, 6.45) is 0.00683. The molecule has 0 saturated carbocycles. The lowest BCUT2D eigenvalue weighted by molar-refractivity contribution is -0.137. The van der Waals surface area contributed by atoms with E-state index in [0.29, 0.717) is 0 Å². The van der Waals surface area contributed by atoms with Crippen LogP contribution >= 0.6 is 0 Å². The first-order valence-electron chi connectivity index (χ1n) is 4.42. The highest BCUT2D eigenvalue weighted by atomic mass is 16.4. The second kappa shape index (κ2) is 4.43. The highest BCUT2D eigenvalue weighted by molar-refractivity contribution is 6.42. The van der Waals surface area contributed by atoms with Gasteiger partial charge in [-0.3, -0.25) is 4.79 Å². The van der Waals surface area contributed by atoms with Gasteiger partial charge in [-0.15, -0.1) is 0 Å². The number of carboxylic acids is 1. The Kier molecular flexibility index (Phi) is 4.31. The minimum atomic E-state index is -1.29. The lowest BCUT2D eigenvalue weighted by atomic mass is 9.56. The largest absolute Gasteiger partial charge is 0.481 e. The van der Waals surface area contributed by atoms with Crippen molar-refractivity contribution < 1.29 is 9.90 Å². The zero-order valence-corrected chi connectivity index (χ0v) is 8.95. The first-order valence-corrected chi connectivity index (χ1v) is 4.42. The molecule has 0 aliphatic carbocycles. The van der Waals surface area contributed by atoms with Crippen molar-refractivity contribution >= 4 is 29.6 Å². The van der Waals surface area contributed by atoms with Gasteiger partial charge in [0.1, 0.15) is 0 Å². The van der Waals surface area contributed by atoms with Crippen LogP contribution in [0.2, 0.25) is 0 Å². The molecule has 0 aromatic carbocycles. The van der Waals surface area contributed by atoms with Gasteiger partial charge in [0.25, 0.3) is 0 Å². The minimum Gasteiger partial charge on any atom is -0.481 e. The Bertz CT molecular complexity index is 213. The Hall–Kier alpha value is -0.375. The van der Waals surface area contributed by atoms with Gasteiger partial charge >= 0.3 is 5.97 Å². The monoisotopic (exact) mass is 189 g/mol. The van der Waals surface area contributed by atoms with Crippen LogP contribution in [0, 0.1) is 0 Å². The lowest BCUT2D eigenvalue weighted by Gasteiger charge is -2.46. The fraction of sp³-hybridized carbons (Fsp3) is 0.875. The van der Waals surface area contributed by atoms with Crippen LogP contribution in [-0.2, 0) is 4.79 Å². The van der Waals surface area contributed by atoms with Gasteiger partial charge in [-0.1, -0.05) is 5.34 Å². The summed E-state index contributed by atoms with van der Waals surface area (Å²) in [5.74, 6) is -0.937. The van der Waals surface area contributed by atoms with E-state index < -0.39 is 16.8 Å². The Morgan fingerprint density at radius 3 is 2.07 bits per heavy atom. The van der Waals surface area contributed by atoms with E-state index in [1.54, 1.807) is 0 Å². The molecule has 6 heteroatoms. The van der Waals surface area contributed by atoms with E-state index >= 15 is 0 Å². The molecule has 0 unspecified atom stereocenters. The summed E-state index contributed by atoms with van der Waals surface area (Å²) < 4.78 is 0. The zero-order chi connectivity index (χ0) is 11.6. The van der Waals surface area contributed by atoms with Gasteiger partial charge < -0.3 is 9.92 Å². The number of nitrogens with zero attached hydrogens (tertiary/aromatic N) is 1. The third-order valence-corrected chi connectivity index (χ3v) is 1.91. The minimum absolute atomic E-state index is 0.100. The molecular formula is C8H14B3NO2. The first-order chi connectivity index (χ1) is 6.07. The molecule has 14 heavy (non-hydrogen) atoms. The molecule has 0 aromatic heterocycles. The average molecular weight is 189 g/mol. The van der Waals surface area contributed by atoms with Crippen LogP contribution in [0.3, 0.4) is 0 Å². The maximum absolute atomic E-state index is 10.3. The van der Waals surface area contributed by atoms with Gasteiger partial charge in [0.2, 0.25) is 0 Å². The predicted octanol–water partition coefficient (Wildman–Crippen LogP) is 0.0260. The summed E-state index contributed by atoms with van der Waals surface area (Å²) in [6, 6.07) is 0. The predicted molar refractivity (Wildman–Crippen MR) is 58.5 cm³/mol. The van der Waals surface area contributed by atoms with E-state index in [2.05, 4.69) is 0 Å². The van der Waals surface area contributed by atoms with Crippen LogP contribution in [0.4, 0.5) is 0 Å². The van der Waals surface area contributed by atoms with Gasteiger partial charge in [-0.05, 0) is 27.2 Å². The topological polar surface area (TPSA) is 40.5 Å². The molecule has 3 nitrogen and oxygen atoms in total. The Labute approximate surface area is 89.5 Å². The quantitative estimate of drug-likeness (QED) is 0.633. The average Bonchev–Trinajstić information content (AvgIpc) is 1.98. The Balaban J connectivity index is 4.38. The molecule has 0 rings (SSSR count). The second-order valence-corrected chi connectivity index (χ2v) is 4.43. The number of hydrogen-bond donors (Lipinski definition) is 1. The Morgan fingerprint density at radius 2 is 1.79 bits per heavy atom. The van der Waals surface area contributed by atoms with E-state index in [1.807, 2.05) is 20.8 Å². The maximum Gasteiger partial charge on any atom is 0.303 e. The molecule has 72 valence electrons. The molecule has 0 aromatic rings. The number of rotatable bonds is 4. The number of hydrogen-bond acceptors (Lipinski definition) is 2. The third kappa shape index (κ3) is 4.22. The second-order valence-electron chi connectivity index (χ2n) is 4.43. The smallest absolute Gasteiger partial charge is 0.303 e. The van der Waals surface area contributed by atoms with Crippen molar-refractivity contribution in [2.45, 2.75) is 44.5 Å². The van der Waals surface area contributed by atoms with Crippen molar-refractivity contribution in [1.82, 2.24) is 4.81 Å². The maximum atomic E-state index is 10.3. The highest BCUT2D eigenvalue weighted by Gasteiger charge is 2.29.